The summed E-state index contributed by atoms with van der Waals surface area (Å²) in [5.74, 6) is -0.214. The molecule has 1 saturated heterocycles. The van der Waals surface area contributed by atoms with E-state index in [0.29, 0.717) is 32.1 Å². The van der Waals surface area contributed by atoms with Gasteiger partial charge in [0.05, 0.1) is 30.6 Å². The van der Waals surface area contributed by atoms with Crippen LogP contribution >= 0.6 is 0 Å². The molecule has 6 atom stereocenters. The lowest BCUT2D eigenvalue weighted by Gasteiger charge is -2.15. The number of hydrogen-bond donors (Lipinski definition) is 11. The second-order valence-corrected chi connectivity index (χ2v) is 9.28. The summed E-state index contributed by atoms with van der Waals surface area (Å²) < 4.78 is 5.43. The van der Waals surface area contributed by atoms with Crippen molar-refractivity contribution in [1.29, 1.82) is 0 Å². The third-order valence-corrected chi connectivity index (χ3v) is 6.49. The van der Waals surface area contributed by atoms with E-state index in [2.05, 4.69) is 35.9 Å². The van der Waals surface area contributed by atoms with Crippen molar-refractivity contribution in [3.05, 3.63) is 26.4 Å². The minimum absolute atomic E-state index is 0. The SMILES string of the molecule is C.C.Nc1nc(C[C@H]2C[C@@H](O)[C@@H](CO)O2)c(NC=O)c(=O)[nH]1.Nc1nc(N[C@@H]2C[C@H](CO)[C@H](O)C2)c(NC=O)c(=O)[nH]1. The van der Waals surface area contributed by atoms with E-state index >= 15 is 0 Å². The van der Waals surface area contributed by atoms with E-state index in [1.807, 2.05) is 0 Å². The highest BCUT2D eigenvalue weighted by atomic mass is 16.5. The van der Waals surface area contributed by atoms with Crippen LogP contribution in [-0.2, 0) is 20.7 Å². The molecule has 0 bridgehead atoms. The maximum absolute atomic E-state index is 11.7. The van der Waals surface area contributed by atoms with Crippen LogP contribution in [0.5, 0.6) is 0 Å². The number of nitrogens with one attached hydrogen (secondary N) is 5. The van der Waals surface area contributed by atoms with Gasteiger partial charge in [-0.2, -0.15) is 4.98 Å². The molecule has 18 nitrogen and oxygen atoms in total. The Kier molecular flexibility index (Phi) is 14.0. The lowest BCUT2D eigenvalue weighted by atomic mass is 10.1. The Bertz CT molecular complexity index is 1190. The summed E-state index contributed by atoms with van der Waals surface area (Å²) in [5, 5.41) is 45.0. The number of ether oxygens (including phenoxy) is 1. The van der Waals surface area contributed by atoms with E-state index in [4.69, 9.17) is 26.4 Å². The first kappa shape index (κ1) is 35.9. The summed E-state index contributed by atoms with van der Waals surface area (Å²) >= 11 is 0. The number of H-pyrrole nitrogens is 2. The van der Waals surface area contributed by atoms with Gasteiger partial charge in [-0.1, -0.05) is 14.9 Å². The number of hydrogen-bond acceptors (Lipinski definition) is 14. The van der Waals surface area contributed by atoms with Gasteiger partial charge in [0.25, 0.3) is 11.1 Å². The molecule has 2 amide bonds. The number of carbonyl (C=O) groups excluding carboxylic acids is 2. The van der Waals surface area contributed by atoms with E-state index in [9.17, 15) is 29.4 Å². The minimum Gasteiger partial charge on any atom is -0.396 e. The van der Waals surface area contributed by atoms with Gasteiger partial charge in [-0.05, 0) is 12.8 Å². The minimum atomic E-state index is -0.771. The number of aliphatic hydroxyl groups is 4. The second kappa shape index (κ2) is 16.4. The van der Waals surface area contributed by atoms with Crippen molar-refractivity contribution in [2.24, 2.45) is 5.92 Å². The molecule has 236 valence electrons. The van der Waals surface area contributed by atoms with Gasteiger partial charge in [-0.3, -0.25) is 29.1 Å². The highest BCUT2D eigenvalue weighted by molar-refractivity contribution is 5.78. The zero-order valence-corrected chi connectivity index (χ0v) is 21.2. The Balaban J connectivity index is 0.000000401. The molecule has 42 heavy (non-hydrogen) atoms. The number of aliphatic hydroxyl groups excluding tert-OH is 4. The molecule has 13 N–H and O–H groups in total. The van der Waals surface area contributed by atoms with Gasteiger partial charge in [0.15, 0.2) is 5.82 Å². The summed E-state index contributed by atoms with van der Waals surface area (Å²) in [6.45, 7) is -0.397. The summed E-state index contributed by atoms with van der Waals surface area (Å²) in [6.07, 6.45) is -0.262. The van der Waals surface area contributed by atoms with Crippen molar-refractivity contribution in [1.82, 2.24) is 19.9 Å². The fourth-order valence-corrected chi connectivity index (χ4v) is 4.62. The number of nitrogens with two attached hydrogens (primary N) is 2. The maximum atomic E-state index is 11.7. The average Bonchev–Trinajstić information content (AvgIpc) is 3.43. The van der Waals surface area contributed by atoms with Crippen LogP contribution in [0.3, 0.4) is 0 Å². The van der Waals surface area contributed by atoms with Crippen molar-refractivity contribution >= 4 is 41.9 Å². The Hall–Kier alpha value is -4.10. The standard InChI is InChI=1S/C11H17N5O4.C11H16N4O5.2CH4/c12-11-15-9(8(13-4-18)10(20)16-11)14-6-1-5(3-17)7(19)2-6;12-11-14-6(9(13-4-17)10(19)15-11)1-5-2-7(18)8(3-16)20-5;;/h4-7,17,19H,1-3H2,(H,13,18)(H4,12,14,15,16,20);4-5,7-8,16,18H,1-3H2,(H,13,17)(H3,12,14,15,19);2*1H4/t5-,6-,7-;5-,7+,8+;;/m10../s1. The molecule has 3 heterocycles. The summed E-state index contributed by atoms with van der Waals surface area (Å²) in [5.41, 5.74) is 10.1. The number of amides is 2. The lowest BCUT2D eigenvalue weighted by molar-refractivity contribution is -0.106. The van der Waals surface area contributed by atoms with Crippen molar-refractivity contribution in [3.63, 3.8) is 0 Å². The Morgan fingerprint density at radius 1 is 0.881 bits per heavy atom. The van der Waals surface area contributed by atoms with Crippen molar-refractivity contribution < 1.29 is 34.8 Å². The molecule has 0 spiro atoms. The fourth-order valence-electron chi connectivity index (χ4n) is 4.62. The van der Waals surface area contributed by atoms with E-state index in [1.54, 1.807) is 0 Å². The van der Waals surface area contributed by atoms with Crippen molar-refractivity contribution in [3.8, 4) is 0 Å². The molecule has 0 radical (unpaired) electrons. The van der Waals surface area contributed by atoms with Gasteiger partial charge in [-0.15, -0.1) is 0 Å². The molecule has 2 aromatic heterocycles. The van der Waals surface area contributed by atoms with Crippen LogP contribution < -0.4 is 38.5 Å². The normalized spacial score (nSPS) is 24.3. The van der Waals surface area contributed by atoms with Crippen LogP contribution in [-0.4, -0.2) is 96.9 Å². The van der Waals surface area contributed by atoms with Gasteiger partial charge < -0.3 is 52.6 Å². The van der Waals surface area contributed by atoms with Crippen LogP contribution in [0, 0.1) is 5.92 Å². The second-order valence-electron chi connectivity index (χ2n) is 9.28. The number of aromatic nitrogens is 4. The first-order valence-corrected chi connectivity index (χ1v) is 12.3. The molecule has 1 aliphatic carbocycles. The molecule has 2 aliphatic rings. The average molecular weight is 600 g/mol. The maximum Gasteiger partial charge on any atom is 0.278 e. The van der Waals surface area contributed by atoms with Gasteiger partial charge >= 0.3 is 0 Å². The molecule has 2 fully saturated rings. The number of aromatic amines is 2. The monoisotopic (exact) mass is 599 g/mol. The van der Waals surface area contributed by atoms with Gasteiger partial charge in [0, 0.05) is 31.4 Å². The Morgan fingerprint density at radius 2 is 1.48 bits per heavy atom. The summed E-state index contributed by atoms with van der Waals surface area (Å²) in [4.78, 5) is 56.9. The highest BCUT2D eigenvalue weighted by Crippen LogP contribution is 2.29. The van der Waals surface area contributed by atoms with Gasteiger partial charge in [0.2, 0.25) is 24.7 Å². The lowest BCUT2D eigenvalue weighted by Crippen LogP contribution is -2.25. The first-order valence-electron chi connectivity index (χ1n) is 12.3. The predicted molar refractivity (Wildman–Crippen MR) is 155 cm³/mol. The molecule has 0 unspecified atom stereocenters. The molecule has 2 aromatic rings. The highest BCUT2D eigenvalue weighted by Gasteiger charge is 2.35. The Labute approximate surface area is 240 Å². The number of carbonyl (C=O) groups is 2. The van der Waals surface area contributed by atoms with Crippen LogP contribution in [0.1, 0.15) is 39.8 Å². The number of nitrogen functional groups attached to an aromatic ring is 2. The molecule has 4 rings (SSSR count). The smallest absolute Gasteiger partial charge is 0.278 e. The van der Waals surface area contributed by atoms with E-state index in [0.717, 1.165) is 0 Å². The van der Waals surface area contributed by atoms with Gasteiger partial charge in [0.1, 0.15) is 17.5 Å². The summed E-state index contributed by atoms with van der Waals surface area (Å²) in [6, 6.07) is -0.164. The largest absolute Gasteiger partial charge is 0.396 e. The van der Waals surface area contributed by atoms with Crippen LogP contribution in [0.25, 0.3) is 0 Å². The topological polar surface area (TPSA) is 304 Å². The molecule has 1 saturated carbocycles. The molecule has 0 aromatic carbocycles. The predicted octanol–water partition coefficient (Wildman–Crippen LogP) is -2.29. The van der Waals surface area contributed by atoms with Crippen LogP contribution in [0.15, 0.2) is 9.59 Å². The third-order valence-electron chi connectivity index (χ3n) is 6.49. The first-order chi connectivity index (χ1) is 19.1. The van der Waals surface area contributed by atoms with Crippen molar-refractivity contribution in [2.75, 3.05) is 40.6 Å². The van der Waals surface area contributed by atoms with Crippen molar-refractivity contribution in [2.45, 2.75) is 71.0 Å². The quantitative estimate of drug-likeness (QED) is 0.128. The zero-order chi connectivity index (χ0) is 29.4. The molecular weight excluding hydrogens is 558 g/mol. The van der Waals surface area contributed by atoms with E-state index < -0.39 is 35.5 Å². The van der Waals surface area contributed by atoms with Crippen LogP contribution in [0.4, 0.5) is 29.1 Å². The zero-order valence-electron chi connectivity index (χ0n) is 21.2. The number of anilines is 5. The number of nitrogens with zero attached hydrogens (tertiary/aromatic N) is 2. The third kappa shape index (κ3) is 8.95. The number of rotatable bonds is 10. The molecule has 1 aliphatic heterocycles. The fraction of sp³-hybridized carbons (Fsp3) is 0.583. The Morgan fingerprint density at radius 3 is 2.02 bits per heavy atom. The molecule has 18 heteroatoms. The molecular formula is C24H41N9O9. The van der Waals surface area contributed by atoms with Gasteiger partial charge in [-0.25, -0.2) is 4.98 Å². The summed E-state index contributed by atoms with van der Waals surface area (Å²) in [7, 11) is 0. The van der Waals surface area contributed by atoms with E-state index in [1.165, 1.54) is 0 Å². The van der Waals surface area contributed by atoms with E-state index in [-0.39, 0.29) is 81.2 Å². The van der Waals surface area contributed by atoms with Crippen LogP contribution in [0.2, 0.25) is 0 Å².